The van der Waals surface area contributed by atoms with E-state index in [-0.39, 0.29) is 28.7 Å². The molecule has 1 aromatic rings. The van der Waals surface area contributed by atoms with Crippen LogP contribution in [0.4, 0.5) is 15.3 Å². The van der Waals surface area contributed by atoms with E-state index in [1.807, 2.05) is 0 Å². The lowest BCUT2D eigenvalue weighted by molar-refractivity contribution is 0.103. The Balaban J connectivity index is 3.02. The zero-order chi connectivity index (χ0) is 16.9. The Labute approximate surface area is 133 Å². The summed E-state index contributed by atoms with van der Waals surface area (Å²) in [5.74, 6) is -0.146. The smallest absolute Gasteiger partial charge is 0.433 e. The maximum atomic E-state index is 12.1. The lowest BCUT2D eigenvalue weighted by Gasteiger charge is -2.24. The molecular formula is C14H19ClN2O5. The first-order valence-corrected chi connectivity index (χ1v) is 7.05. The highest BCUT2D eigenvalue weighted by molar-refractivity contribution is 6.32. The second-order valence-electron chi connectivity index (χ2n) is 4.97. The minimum Gasteiger partial charge on any atom is -0.506 e. The molecule has 1 rings (SSSR count). The van der Waals surface area contributed by atoms with Gasteiger partial charge >= 0.3 is 12.2 Å². The number of benzene rings is 1. The predicted octanol–water partition coefficient (Wildman–Crippen LogP) is 3.45. The minimum absolute atomic E-state index is 0.0267. The molecule has 0 radical (unpaired) electrons. The van der Waals surface area contributed by atoms with Crippen molar-refractivity contribution in [3.8, 4) is 5.75 Å². The summed E-state index contributed by atoms with van der Waals surface area (Å²) in [6.45, 7) is 6.69. The molecule has 0 fully saturated rings. The molecule has 2 N–H and O–H groups in total. The number of hydrogen-bond acceptors (Lipinski definition) is 5. The van der Waals surface area contributed by atoms with Crippen LogP contribution in [0.15, 0.2) is 18.2 Å². The van der Waals surface area contributed by atoms with Crippen molar-refractivity contribution in [1.82, 2.24) is 5.43 Å². The highest BCUT2D eigenvalue weighted by Crippen LogP contribution is 2.28. The summed E-state index contributed by atoms with van der Waals surface area (Å²) in [4.78, 5) is 23.8. The van der Waals surface area contributed by atoms with Crippen molar-refractivity contribution in [2.75, 3.05) is 5.01 Å². The molecule has 0 aliphatic rings. The fraction of sp³-hybridized carbons (Fsp3) is 0.429. The van der Waals surface area contributed by atoms with Gasteiger partial charge in [-0.1, -0.05) is 11.6 Å². The summed E-state index contributed by atoms with van der Waals surface area (Å²) in [7, 11) is 0. The predicted molar refractivity (Wildman–Crippen MR) is 82.0 cm³/mol. The third kappa shape index (κ3) is 5.33. The number of phenols is 1. The second kappa shape index (κ2) is 7.74. The molecule has 0 heterocycles. The molecule has 0 saturated carbocycles. The second-order valence-corrected chi connectivity index (χ2v) is 5.38. The average molecular weight is 331 g/mol. The number of carbonyl (C=O) groups is 2. The van der Waals surface area contributed by atoms with Crippen molar-refractivity contribution < 1.29 is 24.2 Å². The van der Waals surface area contributed by atoms with E-state index in [9.17, 15) is 14.7 Å². The van der Waals surface area contributed by atoms with Gasteiger partial charge in [0.1, 0.15) is 5.75 Å². The van der Waals surface area contributed by atoms with Crippen molar-refractivity contribution in [3.05, 3.63) is 23.2 Å². The van der Waals surface area contributed by atoms with Gasteiger partial charge < -0.3 is 14.6 Å². The molecule has 0 unspecified atom stereocenters. The molecule has 2 amide bonds. The van der Waals surface area contributed by atoms with Crippen molar-refractivity contribution >= 4 is 29.5 Å². The first-order valence-electron chi connectivity index (χ1n) is 6.67. The van der Waals surface area contributed by atoms with Crippen LogP contribution in [-0.2, 0) is 9.47 Å². The van der Waals surface area contributed by atoms with E-state index >= 15 is 0 Å². The van der Waals surface area contributed by atoms with Gasteiger partial charge in [0.2, 0.25) is 0 Å². The van der Waals surface area contributed by atoms with E-state index in [0.29, 0.717) is 0 Å². The molecule has 22 heavy (non-hydrogen) atoms. The number of anilines is 1. The third-order valence-corrected chi connectivity index (χ3v) is 2.56. The topological polar surface area (TPSA) is 88.1 Å². The molecule has 0 aliphatic heterocycles. The first-order chi connectivity index (χ1) is 10.2. The Morgan fingerprint density at radius 1 is 1.18 bits per heavy atom. The van der Waals surface area contributed by atoms with E-state index in [1.165, 1.54) is 18.2 Å². The summed E-state index contributed by atoms with van der Waals surface area (Å²) in [6, 6.07) is 4.01. The highest BCUT2D eigenvalue weighted by Gasteiger charge is 2.23. The van der Waals surface area contributed by atoms with Crippen LogP contribution in [0.25, 0.3) is 0 Å². The average Bonchev–Trinajstić information content (AvgIpc) is 2.37. The molecule has 0 atom stereocenters. The maximum Gasteiger partial charge on any atom is 0.433 e. The zero-order valence-electron chi connectivity index (χ0n) is 12.8. The molecular weight excluding hydrogens is 312 g/mol. The number of amides is 2. The monoisotopic (exact) mass is 330 g/mol. The Morgan fingerprint density at radius 2 is 1.77 bits per heavy atom. The Kier molecular flexibility index (Phi) is 6.30. The fourth-order valence-electron chi connectivity index (χ4n) is 1.44. The number of nitrogens with one attached hydrogen (secondary N) is 1. The number of carbonyl (C=O) groups excluding carboxylic acids is 2. The largest absolute Gasteiger partial charge is 0.506 e. The number of ether oxygens (including phenoxy) is 2. The third-order valence-electron chi connectivity index (χ3n) is 2.25. The Hall–Kier alpha value is -2.15. The molecule has 8 heteroatoms. The quantitative estimate of drug-likeness (QED) is 0.829. The van der Waals surface area contributed by atoms with E-state index in [2.05, 4.69) is 5.43 Å². The minimum atomic E-state index is -0.820. The fourth-order valence-corrected chi connectivity index (χ4v) is 1.61. The van der Waals surface area contributed by atoms with Crippen LogP contribution in [0.3, 0.4) is 0 Å². The SMILES string of the molecule is CC(C)OC(=O)NN(C(=O)OC(C)C)c1ccc(O)c(Cl)c1. The van der Waals surface area contributed by atoms with Crippen LogP contribution < -0.4 is 10.4 Å². The zero-order valence-corrected chi connectivity index (χ0v) is 13.5. The van der Waals surface area contributed by atoms with Gasteiger partial charge in [-0.15, -0.1) is 0 Å². The van der Waals surface area contributed by atoms with Gasteiger partial charge in [0, 0.05) is 0 Å². The van der Waals surface area contributed by atoms with Gasteiger partial charge in [-0.2, -0.15) is 5.01 Å². The Morgan fingerprint density at radius 3 is 2.27 bits per heavy atom. The van der Waals surface area contributed by atoms with Crippen LogP contribution >= 0.6 is 11.6 Å². The molecule has 0 saturated heterocycles. The summed E-state index contributed by atoms with van der Waals surface area (Å²) in [5, 5.41) is 10.3. The highest BCUT2D eigenvalue weighted by atomic mass is 35.5. The number of hydrazine groups is 1. The van der Waals surface area contributed by atoms with Crippen LogP contribution in [0.1, 0.15) is 27.7 Å². The summed E-state index contributed by atoms with van der Waals surface area (Å²) in [5.41, 5.74) is 2.49. The number of halogens is 1. The van der Waals surface area contributed by atoms with Gasteiger partial charge in [-0.25, -0.2) is 15.0 Å². The Bertz CT molecular complexity index is 548. The lowest BCUT2D eigenvalue weighted by Crippen LogP contribution is -2.48. The van der Waals surface area contributed by atoms with Crippen LogP contribution in [-0.4, -0.2) is 29.5 Å². The summed E-state index contributed by atoms with van der Waals surface area (Å²) in [6.07, 6.45) is -2.37. The molecule has 122 valence electrons. The standard InChI is InChI=1S/C14H19ClN2O5/c1-8(2)21-13(19)16-17(14(20)22-9(3)4)10-5-6-12(18)11(15)7-10/h5-9,18H,1-4H3,(H,16,19). The van der Waals surface area contributed by atoms with Crippen molar-refractivity contribution in [1.29, 1.82) is 0 Å². The number of phenolic OH excluding ortho intramolecular Hbond substituents is 1. The number of rotatable bonds is 3. The van der Waals surface area contributed by atoms with Crippen LogP contribution in [0.2, 0.25) is 5.02 Å². The molecule has 0 bridgehead atoms. The molecule has 7 nitrogen and oxygen atoms in total. The van der Waals surface area contributed by atoms with Gasteiger partial charge in [0.05, 0.1) is 22.9 Å². The van der Waals surface area contributed by atoms with E-state index in [1.54, 1.807) is 27.7 Å². The van der Waals surface area contributed by atoms with Gasteiger partial charge in [-0.05, 0) is 45.9 Å². The van der Waals surface area contributed by atoms with Crippen molar-refractivity contribution in [3.63, 3.8) is 0 Å². The number of hydrogen-bond donors (Lipinski definition) is 2. The molecule has 0 spiro atoms. The summed E-state index contributed by atoms with van der Waals surface area (Å²) < 4.78 is 9.98. The molecule has 0 aromatic heterocycles. The lowest BCUT2D eigenvalue weighted by atomic mass is 10.3. The molecule has 0 aliphatic carbocycles. The van der Waals surface area contributed by atoms with Gasteiger partial charge in [0.15, 0.2) is 0 Å². The summed E-state index contributed by atoms with van der Waals surface area (Å²) >= 11 is 5.82. The van der Waals surface area contributed by atoms with Crippen molar-refractivity contribution in [2.45, 2.75) is 39.9 Å². The normalized spacial score (nSPS) is 10.5. The number of aromatic hydroxyl groups is 1. The van der Waals surface area contributed by atoms with Gasteiger partial charge in [-0.3, -0.25) is 0 Å². The number of nitrogens with zero attached hydrogens (tertiary/aromatic N) is 1. The van der Waals surface area contributed by atoms with Crippen LogP contribution in [0, 0.1) is 0 Å². The van der Waals surface area contributed by atoms with Crippen LogP contribution in [0.5, 0.6) is 5.75 Å². The van der Waals surface area contributed by atoms with Crippen molar-refractivity contribution in [2.24, 2.45) is 0 Å². The van der Waals surface area contributed by atoms with E-state index in [4.69, 9.17) is 21.1 Å². The van der Waals surface area contributed by atoms with E-state index < -0.39 is 12.2 Å². The molecule has 1 aromatic carbocycles. The van der Waals surface area contributed by atoms with Gasteiger partial charge in [0.25, 0.3) is 0 Å². The van der Waals surface area contributed by atoms with E-state index in [0.717, 1.165) is 5.01 Å². The maximum absolute atomic E-state index is 12.1. The first kappa shape index (κ1) is 17.9.